The molecule has 1 saturated heterocycles. The second-order valence-corrected chi connectivity index (χ2v) is 12.0. The van der Waals surface area contributed by atoms with E-state index in [0.29, 0.717) is 41.0 Å². The Morgan fingerprint density at radius 1 is 0.873 bits per heavy atom. The molecule has 5 rings (SSSR count). The van der Waals surface area contributed by atoms with Gasteiger partial charge in [0.15, 0.2) is 11.6 Å². The molecule has 1 aliphatic heterocycles. The van der Waals surface area contributed by atoms with Crippen molar-refractivity contribution < 1.29 is 41.0 Å². The van der Waals surface area contributed by atoms with Gasteiger partial charge in [-0.15, -0.1) is 0 Å². The summed E-state index contributed by atoms with van der Waals surface area (Å²) in [5.74, 6) is -5.39. The maximum Gasteiger partial charge on any atom is 0.407 e. The number of methoxy groups -OCH3 is 1. The number of nitrogens with zero attached hydrogens (tertiary/aromatic N) is 1. The Labute approximate surface area is 318 Å². The Kier molecular flexibility index (Phi) is 17.2. The van der Waals surface area contributed by atoms with Crippen LogP contribution in [0.1, 0.15) is 62.3 Å². The van der Waals surface area contributed by atoms with Gasteiger partial charge in [-0.3, -0.25) is 9.78 Å². The van der Waals surface area contributed by atoms with Crippen LogP contribution in [0, 0.1) is 36.0 Å². The van der Waals surface area contributed by atoms with Gasteiger partial charge in [0.2, 0.25) is 5.91 Å². The molecule has 0 bridgehead atoms. The maximum absolute atomic E-state index is 15.2. The number of ether oxygens (including phenoxy) is 2. The van der Waals surface area contributed by atoms with Crippen LogP contribution in [-0.2, 0) is 20.7 Å². The average molecular weight is 770 g/mol. The number of nitrogens with one attached hydrogen (secondary N) is 4. The summed E-state index contributed by atoms with van der Waals surface area (Å²) in [6, 6.07) is 10.9. The molecule has 1 aliphatic rings. The Bertz CT molecular complexity index is 1830. The predicted molar refractivity (Wildman–Crippen MR) is 203 cm³/mol. The normalized spacial score (nSPS) is 15.3. The van der Waals surface area contributed by atoms with Crippen LogP contribution >= 0.6 is 0 Å². The molecule has 3 atom stereocenters. The average Bonchev–Trinajstić information content (AvgIpc) is 3.19. The van der Waals surface area contributed by atoms with E-state index in [2.05, 4.69) is 32.8 Å². The van der Waals surface area contributed by atoms with E-state index in [1.54, 1.807) is 6.92 Å². The van der Waals surface area contributed by atoms with Crippen LogP contribution in [-0.4, -0.2) is 55.4 Å². The van der Waals surface area contributed by atoms with Gasteiger partial charge in [-0.25, -0.2) is 26.7 Å². The van der Waals surface area contributed by atoms with Crippen LogP contribution in [0.3, 0.4) is 0 Å². The highest BCUT2D eigenvalue weighted by Gasteiger charge is 2.34. The molecule has 9 nitrogen and oxygen atoms in total. The highest BCUT2D eigenvalue weighted by molar-refractivity contribution is 5.98. The van der Waals surface area contributed by atoms with E-state index >= 15 is 4.39 Å². The molecule has 0 aliphatic carbocycles. The summed E-state index contributed by atoms with van der Waals surface area (Å²) < 4.78 is 81.1. The Hall–Kier alpha value is -5.34. The summed E-state index contributed by atoms with van der Waals surface area (Å²) in [4.78, 5) is 30.4. The summed E-state index contributed by atoms with van der Waals surface area (Å²) in [7, 11) is 1.12. The molecule has 4 N–H and O–H groups in total. The second kappa shape index (κ2) is 21.5. The molecule has 296 valence electrons. The molecule has 1 unspecified atom stereocenters. The fraction of sp³-hybridized carbons (Fsp3) is 0.341. The number of anilines is 2. The van der Waals surface area contributed by atoms with Gasteiger partial charge in [-0.2, -0.15) is 0 Å². The number of aromatic nitrogens is 1. The second-order valence-electron chi connectivity index (χ2n) is 12.0. The van der Waals surface area contributed by atoms with Gasteiger partial charge in [0.05, 0.1) is 43.9 Å². The summed E-state index contributed by atoms with van der Waals surface area (Å²) in [5.41, 5.74) is 2.40. The lowest BCUT2D eigenvalue weighted by Crippen LogP contribution is -2.48. The minimum absolute atomic E-state index is 0.0507. The van der Waals surface area contributed by atoms with Crippen LogP contribution in [0.4, 0.5) is 38.1 Å². The zero-order valence-electron chi connectivity index (χ0n) is 31.7. The molecule has 4 aromatic rings. The number of hydrogen-bond acceptors (Lipinski definition) is 7. The van der Waals surface area contributed by atoms with Gasteiger partial charge < -0.3 is 30.7 Å². The maximum atomic E-state index is 15.2. The molecule has 1 aromatic heterocycles. The quantitative estimate of drug-likeness (QED) is 0.107. The van der Waals surface area contributed by atoms with Crippen molar-refractivity contribution >= 4 is 23.4 Å². The third-order valence-electron chi connectivity index (χ3n) is 8.59. The fourth-order valence-electron chi connectivity index (χ4n) is 5.82. The molecular formula is C41H48F5N5O4. The topological polar surface area (TPSA) is 114 Å². The van der Waals surface area contributed by atoms with Crippen molar-refractivity contribution in [2.24, 2.45) is 0 Å². The number of pyridine rings is 1. The molecule has 3 aromatic carbocycles. The minimum Gasteiger partial charge on any atom is -0.453 e. The zero-order chi connectivity index (χ0) is 40.7. The standard InChI is InChI=1S/C37H36F5N5O4.2C2H6/c1-20-14-28(40)29(41)15-31(20)45-21(2)33-19-51-26(16-44-33)12-13-27-30(42)17-43-18-32(27)46-36(48)35(47-37(49)50-3)34(22-4-8-24(38)9-5-22)23-6-10-25(39)11-7-23;2*1-2/h4-11,14-15,17-18,26,33-35,44-45H,2,12-13,16,19H2,1,3H3,(H,46,48)(H,47,49);2*1-2H3/t26-,33+,35?;;/m1../s1. The van der Waals surface area contributed by atoms with Gasteiger partial charge in [0.25, 0.3) is 0 Å². The largest absolute Gasteiger partial charge is 0.453 e. The number of hydrogen-bond donors (Lipinski definition) is 4. The number of alkyl carbamates (subject to hydrolysis) is 1. The van der Waals surface area contributed by atoms with E-state index in [1.807, 2.05) is 27.7 Å². The van der Waals surface area contributed by atoms with Crippen molar-refractivity contribution in [2.75, 3.05) is 30.9 Å². The van der Waals surface area contributed by atoms with E-state index in [4.69, 9.17) is 9.47 Å². The number of aryl methyl sites for hydroxylation is 1. The first-order valence-corrected chi connectivity index (χ1v) is 18.0. The number of halogens is 5. The molecule has 2 heterocycles. The third kappa shape index (κ3) is 12.1. The van der Waals surface area contributed by atoms with E-state index in [9.17, 15) is 27.2 Å². The van der Waals surface area contributed by atoms with Gasteiger partial charge in [0.1, 0.15) is 23.5 Å². The highest BCUT2D eigenvalue weighted by atomic mass is 19.2. The van der Waals surface area contributed by atoms with Crippen molar-refractivity contribution in [1.29, 1.82) is 0 Å². The summed E-state index contributed by atoms with van der Waals surface area (Å²) in [6.07, 6.45) is 1.46. The van der Waals surface area contributed by atoms with Gasteiger partial charge >= 0.3 is 6.09 Å². The lowest BCUT2D eigenvalue weighted by atomic mass is 9.84. The van der Waals surface area contributed by atoms with Crippen molar-refractivity contribution in [2.45, 2.75) is 71.6 Å². The molecular weight excluding hydrogens is 721 g/mol. The summed E-state index contributed by atoms with van der Waals surface area (Å²) in [5, 5.41) is 11.5. The third-order valence-corrected chi connectivity index (χ3v) is 8.59. The number of rotatable bonds is 12. The number of carbonyl (C=O) groups excluding carboxylic acids is 2. The number of benzene rings is 3. The lowest BCUT2D eigenvalue weighted by Gasteiger charge is -2.32. The Balaban J connectivity index is 0.00000196. The number of amides is 2. The Morgan fingerprint density at radius 3 is 2.00 bits per heavy atom. The van der Waals surface area contributed by atoms with Crippen molar-refractivity contribution in [3.63, 3.8) is 0 Å². The van der Waals surface area contributed by atoms with E-state index in [0.717, 1.165) is 25.4 Å². The molecule has 14 heteroatoms. The molecule has 55 heavy (non-hydrogen) atoms. The first-order chi connectivity index (χ1) is 26.4. The molecule has 0 spiro atoms. The lowest BCUT2D eigenvalue weighted by molar-refractivity contribution is -0.118. The minimum atomic E-state index is -1.39. The Morgan fingerprint density at radius 2 is 1.45 bits per heavy atom. The monoisotopic (exact) mass is 769 g/mol. The highest BCUT2D eigenvalue weighted by Crippen LogP contribution is 2.31. The van der Waals surface area contributed by atoms with Crippen molar-refractivity contribution in [3.8, 4) is 0 Å². The SMILES string of the molecule is C=C(Nc1cc(F)c(F)cc1C)[C@@H]1CO[C@H](CCc2c(F)cncc2NC(=O)C(NC(=O)OC)C(c2ccc(F)cc2)c2ccc(F)cc2)CN1.CC.CC. The molecule has 0 radical (unpaired) electrons. The van der Waals surface area contributed by atoms with E-state index < -0.39 is 53.0 Å². The molecule has 2 amide bonds. The molecule has 1 fully saturated rings. The van der Waals surface area contributed by atoms with Crippen molar-refractivity contribution in [3.05, 3.63) is 137 Å². The smallest absolute Gasteiger partial charge is 0.407 e. The van der Waals surface area contributed by atoms with Crippen LogP contribution < -0.4 is 21.3 Å². The van der Waals surface area contributed by atoms with Gasteiger partial charge in [0, 0.05) is 35.5 Å². The van der Waals surface area contributed by atoms with Crippen LogP contribution in [0.15, 0.2) is 85.3 Å². The summed E-state index contributed by atoms with van der Waals surface area (Å²) in [6.45, 7) is 14.2. The predicted octanol–water partition coefficient (Wildman–Crippen LogP) is 8.55. The van der Waals surface area contributed by atoms with E-state index in [-0.39, 0.29) is 36.4 Å². The first-order valence-electron chi connectivity index (χ1n) is 18.0. The van der Waals surface area contributed by atoms with Crippen LogP contribution in [0.5, 0.6) is 0 Å². The first kappa shape index (κ1) is 44.1. The van der Waals surface area contributed by atoms with Crippen LogP contribution in [0.25, 0.3) is 0 Å². The van der Waals surface area contributed by atoms with Gasteiger partial charge in [-0.05, 0) is 66.8 Å². The summed E-state index contributed by atoms with van der Waals surface area (Å²) >= 11 is 0. The number of morpholine rings is 1. The van der Waals surface area contributed by atoms with Gasteiger partial charge in [-0.1, -0.05) is 58.5 Å². The van der Waals surface area contributed by atoms with E-state index in [1.165, 1.54) is 54.7 Å². The molecule has 0 saturated carbocycles. The van der Waals surface area contributed by atoms with Crippen LogP contribution in [0.2, 0.25) is 0 Å². The van der Waals surface area contributed by atoms with Crippen molar-refractivity contribution in [1.82, 2.24) is 15.6 Å². The zero-order valence-corrected chi connectivity index (χ0v) is 31.7. The number of carbonyl (C=O) groups is 2. The fourth-order valence-corrected chi connectivity index (χ4v) is 5.82.